The Balaban J connectivity index is 1.33. The second-order valence-electron chi connectivity index (χ2n) is 12.8. The number of hydrogen-bond acceptors (Lipinski definition) is 6. The molecule has 2 saturated carbocycles. The zero-order chi connectivity index (χ0) is 31.5. The lowest BCUT2D eigenvalue weighted by Gasteiger charge is -2.39. The third-order valence-corrected chi connectivity index (χ3v) is 8.58. The summed E-state index contributed by atoms with van der Waals surface area (Å²) < 4.78 is 47.5. The number of carbonyl (C=O) groups excluding carboxylic acids is 2. The quantitative estimate of drug-likeness (QED) is 0.206. The highest BCUT2D eigenvalue weighted by Crippen LogP contribution is 2.44. The molecule has 2 aliphatic rings. The van der Waals surface area contributed by atoms with Crippen molar-refractivity contribution in [1.82, 2.24) is 25.9 Å². The number of halogens is 3. The van der Waals surface area contributed by atoms with Gasteiger partial charge in [0.25, 0.3) is 11.9 Å². The summed E-state index contributed by atoms with van der Waals surface area (Å²) in [5, 5.41) is 21.0. The van der Waals surface area contributed by atoms with Crippen LogP contribution in [0.15, 0.2) is 42.5 Å². The predicted molar refractivity (Wildman–Crippen MR) is 158 cm³/mol. The molecule has 4 N–H and O–H groups in total. The summed E-state index contributed by atoms with van der Waals surface area (Å²) in [7, 11) is 0. The number of alkyl halides is 3. The van der Waals surface area contributed by atoms with E-state index in [9.17, 15) is 22.8 Å². The number of nitrogens with one attached hydrogen (secondary N) is 4. The lowest BCUT2D eigenvalue weighted by atomic mass is 9.68. The SMILES string of the molecule is CC(C)(C)C1CCC(C(NC(=O)Nc2ccc(OCC3CC3)cc2C(F)(F)F)c2ccc(C(=O)Nc3nn[nH]n3)cc2)CC1. The highest BCUT2D eigenvalue weighted by molar-refractivity contribution is 6.03. The summed E-state index contributed by atoms with van der Waals surface area (Å²) in [6, 6.07) is 9.12. The van der Waals surface area contributed by atoms with E-state index in [0.29, 0.717) is 24.0 Å². The normalized spacial score (nSPS) is 19.6. The fourth-order valence-electron chi connectivity index (χ4n) is 5.78. The lowest BCUT2D eigenvalue weighted by Crippen LogP contribution is -2.39. The molecule has 0 bridgehead atoms. The second-order valence-corrected chi connectivity index (χ2v) is 12.8. The number of hydrogen-bond donors (Lipinski definition) is 4. The van der Waals surface area contributed by atoms with Gasteiger partial charge in [0.1, 0.15) is 5.75 Å². The molecule has 2 fully saturated rings. The smallest absolute Gasteiger partial charge is 0.418 e. The molecule has 2 aliphatic carbocycles. The minimum atomic E-state index is -4.69. The van der Waals surface area contributed by atoms with Gasteiger partial charge >= 0.3 is 12.2 Å². The van der Waals surface area contributed by atoms with Crippen molar-refractivity contribution in [2.75, 3.05) is 17.2 Å². The van der Waals surface area contributed by atoms with Crippen molar-refractivity contribution in [3.63, 3.8) is 0 Å². The van der Waals surface area contributed by atoms with Crippen molar-refractivity contribution in [3.8, 4) is 5.75 Å². The Morgan fingerprint density at radius 2 is 1.68 bits per heavy atom. The van der Waals surface area contributed by atoms with Gasteiger partial charge in [0.05, 0.1) is 23.9 Å². The van der Waals surface area contributed by atoms with Crippen molar-refractivity contribution in [2.45, 2.75) is 71.5 Å². The molecule has 5 rings (SSSR count). The average Bonchev–Trinajstić information content (AvgIpc) is 3.68. The molecule has 0 spiro atoms. The van der Waals surface area contributed by atoms with E-state index in [4.69, 9.17) is 4.74 Å². The Hall–Kier alpha value is -4.16. The fourth-order valence-corrected chi connectivity index (χ4v) is 5.78. The van der Waals surface area contributed by atoms with Crippen LogP contribution in [0, 0.1) is 23.2 Å². The molecular weight excluding hydrogens is 575 g/mol. The number of aromatic nitrogens is 4. The van der Waals surface area contributed by atoms with Crippen LogP contribution in [0.25, 0.3) is 0 Å². The number of tetrazole rings is 1. The summed E-state index contributed by atoms with van der Waals surface area (Å²) in [4.78, 5) is 25.9. The number of carbonyl (C=O) groups is 2. The maximum atomic E-state index is 14.0. The van der Waals surface area contributed by atoms with Gasteiger partial charge in [-0.15, -0.1) is 5.10 Å². The first-order valence-electron chi connectivity index (χ1n) is 14.9. The molecular formula is C31H38F3N7O3. The number of H-pyrrole nitrogens is 1. The minimum Gasteiger partial charge on any atom is -0.493 e. The monoisotopic (exact) mass is 613 g/mol. The van der Waals surface area contributed by atoms with Crippen LogP contribution in [0.4, 0.5) is 29.6 Å². The zero-order valence-electron chi connectivity index (χ0n) is 25.0. The van der Waals surface area contributed by atoms with Gasteiger partial charge in [-0.1, -0.05) is 38.0 Å². The van der Waals surface area contributed by atoms with Crippen LogP contribution >= 0.6 is 0 Å². The van der Waals surface area contributed by atoms with E-state index in [1.165, 1.54) is 12.1 Å². The lowest BCUT2D eigenvalue weighted by molar-refractivity contribution is -0.137. The van der Waals surface area contributed by atoms with Crippen LogP contribution in [0.5, 0.6) is 5.75 Å². The van der Waals surface area contributed by atoms with Crippen molar-refractivity contribution in [2.24, 2.45) is 23.2 Å². The molecule has 1 unspecified atom stereocenters. The number of urea groups is 1. The molecule has 1 aromatic heterocycles. The first-order chi connectivity index (χ1) is 20.9. The highest BCUT2D eigenvalue weighted by Gasteiger charge is 2.37. The van der Waals surface area contributed by atoms with Crippen LogP contribution in [-0.4, -0.2) is 39.2 Å². The Morgan fingerprint density at radius 1 is 0.977 bits per heavy atom. The molecule has 0 radical (unpaired) electrons. The fraction of sp³-hybridized carbons (Fsp3) is 0.516. The Labute approximate surface area is 253 Å². The zero-order valence-corrected chi connectivity index (χ0v) is 25.0. The second kappa shape index (κ2) is 12.8. The first-order valence-corrected chi connectivity index (χ1v) is 14.9. The molecule has 0 aliphatic heterocycles. The molecule has 1 atom stereocenters. The van der Waals surface area contributed by atoms with Crippen molar-refractivity contribution in [3.05, 3.63) is 59.2 Å². The van der Waals surface area contributed by atoms with E-state index in [1.807, 2.05) is 0 Å². The van der Waals surface area contributed by atoms with Crippen LogP contribution in [0.2, 0.25) is 0 Å². The van der Waals surface area contributed by atoms with E-state index in [0.717, 1.165) is 50.2 Å². The molecule has 2 aromatic carbocycles. The van der Waals surface area contributed by atoms with E-state index in [-0.39, 0.29) is 28.7 Å². The van der Waals surface area contributed by atoms with Gasteiger partial charge in [-0.25, -0.2) is 4.79 Å². The molecule has 10 nitrogen and oxygen atoms in total. The van der Waals surface area contributed by atoms with Gasteiger partial charge in [-0.3, -0.25) is 10.1 Å². The van der Waals surface area contributed by atoms with E-state index in [1.54, 1.807) is 24.3 Å². The minimum absolute atomic E-state index is 0.0339. The van der Waals surface area contributed by atoms with Gasteiger partial charge in [-0.2, -0.15) is 18.4 Å². The molecule has 0 saturated heterocycles. The largest absolute Gasteiger partial charge is 0.493 e. The summed E-state index contributed by atoms with van der Waals surface area (Å²) in [6.45, 7) is 7.04. The molecule has 1 heterocycles. The van der Waals surface area contributed by atoms with Crippen LogP contribution in [0.3, 0.4) is 0 Å². The predicted octanol–water partition coefficient (Wildman–Crippen LogP) is 6.97. The molecule has 44 heavy (non-hydrogen) atoms. The van der Waals surface area contributed by atoms with Crippen molar-refractivity contribution < 1.29 is 27.5 Å². The number of nitrogens with zero attached hydrogens (tertiary/aromatic N) is 3. The maximum absolute atomic E-state index is 14.0. The average molecular weight is 614 g/mol. The van der Waals surface area contributed by atoms with Crippen molar-refractivity contribution >= 4 is 23.6 Å². The number of benzene rings is 2. The number of anilines is 2. The van der Waals surface area contributed by atoms with Crippen molar-refractivity contribution in [1.29, 1.82) is 0 Å². The topological polar surface area (TPSA) is 134 Å². The third kappa shape index (κ3) is 8.06. The van der Waals surface area contributed by atoms with Gasteiger partial charge in [-0.05, 0) is 103 Å². The van der Waals surface area contributed by atoms with Crippen LogP contribution < -0.4 is 20.7 Å². The molecule has 3 amide bonds. The standard InChI is InChI=1S/C31H38F3N7O3/c1-30(2,3)22-12-10-20(11-13-22)26(19-6-8-21(9-7-19)27(42)37-28-38-40-41-39-28)36-29(43)35-25-15-14-23(44-17-18-4-5-18)16-24(25)31(32,33)34/h6-9,14-16,18,20,22,26H,4-5,10-13,17H2,1-3H3,(H2,35,36,43)(H2,37,38,39,40,41,42). The number of rotatable bonds is 9. The number of amides is 3. The van der Waals surface area contributed by atoms with Gasteiger partial charge < -0.3 is 15.4 Å². The Bertz CT molecular complexity index is 1430. The summed E-state index contributed by atoms with van der Waals surface area (Å²) in [6.07, 6.45) is 0.966. The van der Waals surface area contributed by atoms with Gasteiger partial charge in [0.15, 0.2) is 0 Å². The Kier molecular flexibility index (Phi) is 9.12. The van der Waals surface area contributed by atoms with Gasteiger partial charge in [0, 0.05) is 5.56 Å². The highest BCUT2D eigenvalue weighted by atomic mass is 19.4. The summed E-state index contributed by atoms with van der Waals surface area (Å²) in [5.74, 6) is 0.684. The Morgan fingerprint density at radius 3 is 2.27 bits per heavy atom. The van der Waals surface area contributed by atoms with Crippen LogP contribution in [-0.2, 0) is 6.18 Å². The summed E-state index contributed by atoms with van der Waals surface area (Å²) >= 11 is 0. The molecule has 13 heteroatoms. The summed E-state index contributed by atoms with van der Waals surface area (Å²) in [5.41, 5.74) is -0.0773. The number of aromatic amines is 1. The van der Waals surface area contributed by atoms with Crippen LogP contribution in [0.1, 0.15) is 86.8 Å². The maximum Gasteiger partial charge on any atom is 0.418 e. The first kappa shape index (κ1) is 31.3. The van der Waals surface area contributed by atoms with E-state index < -0.39 is 29.7 Å². The third-order valence-electron chi connectivity index (χ3n) is 8.58. The molecule has 236 valence electrons. The molecule has 3 aromatic rings. The van der Waals surface area contributed by atoms with Gasteiger partial charge in [0.2, 0.25) is 0 Å². The van der Waals surface area contributed by atoms with E-state index >= 15 is 0 Å². The number of ether oxygens (including phenoxy) is 1. The van der Waals surface area contributed by atoms with E-state index in [2.05, 4.69) is 57.3 Å².